The number of fused-ring (bicyclic) bond motifs is 13. The van der Waals surface area contributed by atoms with E-state index in [0.717, 1.165) is 76.8 Å². The van der Waals surface area contributed by atoms with E-state index in [2.05, 4.69) is 150 Å². The predicted octanol–water partition coefficient (Wildman–Crippen LogP) is 14.5. The lowest BCUT2D eigenvalue weighted by Gasteiger charge is -2.14. The zero-order chi connectivity index (χ0) is 38.6. The van der Waals surface area contributed by atoms with E-state index in [9.17, 15) is 0 Å². The number of hydrogen-bond donors (Lipinski definition) is 0. The molecule has 0 N–H and O–H groups in total. The maximum Gasteiger partial charge on any atom is 0.238 e. The Hall–Kier alpha value is -7.67. The van der Waals surface area contributed by atoms with Crippen molar-refractivity contribution in [2.75, 3.05) is 0 Å². The molecule has 5 nitrogen and oxygen atoms in total. The molecule has 0 aliphatic heterocycles. The van der Waals surface area contributed by atoms with E-state index in [1.807, 2.05) is 47.7 Å². The van der Waals surface area contributed by atoms with Crippen LogP contribution in [-0.2, 0) is 0 Å². The minimum Gasteiger partial charge on any atom is -0.456 e. The quantitative estimate of drug-likeness (QED) is 0.179. The van der Waals surface area contributed by atoms with Gasteiger partial charge in [-0.25, -0.2) is 4.98 Å². The van der Waals surface area contributed by atoms with Gasteiger partial charge in [0.2, 0.25) is 5.95 Å². The minimum absolute atomic E-state index is 0.553. The van der Waals surface area contributed by atoms with Gasteiger partial charge in [-0.15, -0.1) is 11.3 Å². The van der Waals surface area contributed by atoms with Crippen molar-refractivity contribution in [2.24, 2.45) is 0 Å². The fourth-order valence-corrected chi connectivity index (χ4v) is 10.3. The second-order valence-corrected chi connectivity index (χ2v) is 16.2. The van der Waals surface area contributed by atoms with E-state index < -0.39 is 0 Å². The third kappa shape index (κ3) is 4.87. The van der Waals surface area contributed by atoms with Crippen LogP contribution in [0.15, 0.2) is 186 Å². The number of hydrogen-bond acceptors (Lipinski definition) is 5. The second kappa shape index (κ2) is 12.4. The molecule has 274 valence electrons. The summed E-state index contributed by atoms with van der Waals surface area (Å²) in [5.41, 5.74) is 7.77. The maximum atomic E-state index is 6.36. The fraction of sp³-hybridized carbons (Fsp3) is 0. The summed E-state index contributed by atoms with van der Waals surface area (Å²) in [4.78, 5) is 15.9. The normalized spacial score (nSPS) is 12.1. The number of thiophene rings is 1. The lowest BCUT2D eigenvalue weighted by molar-refractivity contribution is 0.669. The van der Waals surface area contributed by atoms with Gasteiger partial charge in [0.15, 0.2) is 11.6 Å². The van der Waals surface area contributed by atoms with Crippen LogP contribution < -0.4 is 0 Å². The molecule has 4 aromatic heterocycles. The van der Waals surface area contributed by atoms with Crippen molar-refractivity contribution in [1.29, 1.82) is 0 Å². The summed E-state index contributed by atoms with van der Waals surface area (Å²) in [5.74, 6) is 1.72. The van der Waals surface area contributed by atoms with Crippen LogP contribution in [0.3, 0.4) is 0 Å². The average molecular weight is 771 g/mol. The smallest absolute Gasteiger partial charge is 0.238 e. The maximum absolute atomic E-state index is 6.36. The molecule has 0 radical (unpaired) electrons. The first-order valence-corrected chi connectivity index (χ1v) is 20.6. The highest BCUT2D eigenvalue weighted by atomic mass is 32.1. The van der Waals surface area contributed by atoms with Crippen molar-refractivity contribution in [3.63, 3.8) is 0 Å². The van der Waals surface area contributed by atoms with Crippen molar-refractivity contribution in [3.8, 4) is 39.9 Å². The van der Waals surface area contributed by atoms with Gasteiger partial charge in [-0.05, 0) is 52.1 Å². The van der Waals surface area contributed by atoms with E-state index in [0.29, 0.717) is 17.6 Å². The third-order valence-corrected chi connectivity index (χ3v) is 13.0. The lowest BCUT2D eigenvalue weighted by Crippen LogP contribution is -2.07. The molecule has 9 aromatic carbocycles. The summed E-state index contributed by atoms with van der Waals surface area (Å²) in [6, 6.07) is 64.4. The highest BCUT2D eigenvalue weighted by Gasteiger charge is 2.23. The molecule has 0 unspecified atom stereocenters. The average Bonchev–Trinajstić information content (AvgIpc) is 3.98. The van der Waals surface area contributed by atoms with Crippen molar-refractivity contribution in [2.45, 2.75) is 0 Å². The van der Waals surface area contributed by atoms with Crippen molar-refractivity contribution >= 4 is 96.8 Å². The molecule has 0 aliphatic rings. The first kappa shape index (κ1) is 32.4. The molecule has 59 heavy (non-hydrogen) atoms. The number of benzene rings is 9. The Kier molecular flexibility index (Phi) is 6.82. The molecule has 0 saturated heterocycles. The molecule has 13 aromatic rings. The van der Waals surface area contributed by atoms with Gasteiger partial charge >= 0.3 is 0 Å². The van der Waals surface area contributed by atoms with Gasteiger partial charge in [0.05, 0.1) is 11.0 Å². The standard InChI is InChI=1S/C53H30N4OS/c1-2-13-33(14-3-1)51-54-52(35-23-25-40-39-17-8-9-20-44(39)58-45(40)29-35)56-53(55-51)57-49-37-16-7-5-12-32(37)21-26-42(49)41-19-10-18-38(50(41)57)34-22-27-43-47(30-34)59-46-28-24-31-11-4-6-15-36(31)48(43)46/h1-30H. The van der Waals surface area contributed by atoms with Gasteiger partial charge in [0.25, 0.3) is 0 Å². The minimum atomic E-state index is 0.553. The Bertz CT molecular complexity index is 3860. The van der Waals surface area contributed by atoms with Gasteiger partial charge in [-0.1, -0.05) is 152 Å². The summed E-state index contributed by atoms with van der Waals surface area (Å²) in [7, 11) is 0. The van der Waals surface area contributed by atoms with Gasteiger partial charge in [-0.2, -0.15) is 9.97 Å². The Morgan fingerprint density at radius 2 is 1.03 bits per heavy atom. The molecule has 4 heterocycles. The first-order chi connectivity index (χ1) is 29.2. The number of rotatable bonds is 4. The van der Waals surface area contributed by atoms with E-state index in [1.54, 1.807) is 0 Å². The molecular weight excluding hydrogens is 741 g/mol. The molecule has 0 bridgehead atoms. The van der Waals surface area contributed by atoms with E-state index in [-0.39, 0.29) is 0 Å². The lowest BCUT2D eigenvalue weighted by atomic mass is 9.99. The Morgan fingerprint density at radius 3 is 1.92 bits per heavy atom. The van der Waals surface area contributed by atoms with Gasteiger partial charge in [0, 0.05) is 63.8 Å². The van der Waals surface area contributed by atoms with Crippen LogP contribution >= 0.6 is 11.3 Å². The van der Waals surface area contributed by atoms with Crippen LogP contribution in [0.1, 0.15) is 0 Å². The molecular formula is C53H30N4OS. The van der Waals surface area contributed by atoms with Gasteiger partial charge in [-0.3, -0.25) is 4.57 Å². The zero-order valence-corrected chi connectivity index (χ0v) is 32.2. The molecule has 0 fully saturated rings. The largest absolute Gasteiger partial charge is 0.456 e. The monoisotopic (exact) mass is 770 g/mol. The Morgan fingerprint density at radius 1 is 0.390 bits per heavy atom. The van der Waals surface area contributed by atoms with Crippen LogP contribution in [0.25, 0.3) is 125 Å². The van der Waals surface area contributed by atoms with Crippen molar-refractivity contribution in [3.05, 3.63) is 182 Å². The highest BCUT2D eigenvalue weighted by Crippen LogP contribution is 2.44. The summed E-state index contributed by atoms with van der Waals surface area (Å²) in [6.07, 6.45) is 0. The molecule has 6 heteroatoms. The summed E-state index contributed by atoms with van der Waals surface area (Å²) < 4.78 is 11.2. The van der Waals surface area contributed by atoms with Crippen LogP contribution in [0.2, 0.25) is 0 Å². The van der Waals surface area contributed by atoms with Crippen LogP contribution in [0.4, 0.5) is 0 Å². The SMILES string of the molecule is c1ccc(-c2nc(-c3ccc4c(c3)oc3ccccc34)nc(-n3c4c(-c5ccc6c(c5)sc5ccc7ccccc7c56)cccc4c4ccc5ccccc5c43)n2)cc1. The van der Waals surface area contributed by atoms with Gasteiger partial charge in [0.1, 0.15) is 11.2 Å². The van der Waals surface area contributed by atoms with Crippen molar-refractivity contribution < 1.29 is 4.42 Å². The van der Waals surface area contributed by atoms with Crippen LogP contribution in [-0.4, -0.2) is 19.5 Å². The third-order valence-electron chi connectivity index (χ3n) is 11.8. The molecule has 0 aliphatic carbocycles. The number of aromatic nitrogens is 4. The molecule has 0 saturated carbocycles. The van der Waals surface area contributed by atoms with Crippen LogP contribution in [0, 0.1) is 0 Å². The van der Waals surface area contributed by atoms with E-state index in [1.165, 1.54) is 30.9 Å². The highest BCUT2D eigenvalue weighted by molar-refractivity contribution is 7.26. The first-order valence-electron chi connectivity index (χ1n) is 19.8. The molecule has 13 rings (SSSR count). The van der Waals surface area contributed by atoms with Crippen molar-refractivity contribution in [1.82, 2.24) is 19.5 Å². The number of nitrogens with zero attached hydrogens (tertiary/aromatic N) is 4. The Balaban J connectivity index is 1.11. The van der Waals surface area contributed by atoms with E-state index in [4.69, 9.17) is 19.4 Å². The summed E-state index contributed by atoms with van der Waals surface area (Å²) in [5, 5.41) is 11.8. The summed E-state index contributed by atoms with van der Waals surface area (Å²) >= 11 is 1.85. The van der Waals surface area contributed by atoms with E-state index >= 15 is 0 Å². The molecule has 0 amide bonds. The summed E-state index contributed by atoms with van der Waals surface area (Å²) in [6.45, 7) is 0. The number of para-hydroxylation sites is 2. The van der Waals surface area contributed by atoms with Crippen LogP contribution in [0.5, 0.6) is 0 Å². The second-order valence-electron chi connectivity index (χ2n) is 15.2. The number of furan rings is 1. The topological polar surface area (TPSA) is 56.7 Å². The zero-order valence-electron chi connectivity index (χ0n) is 31.4. The van der Waals surface area contributed by atoms with Gasteiger partial charge < -0.3 is 4.42 Å². The fourth-order valence-electron chi connectivity index (χ4n) is 9.15. The molecule has 0 spiro atoms. The molecule has 0 atom stereocenters. The predicted molar refractivity (Wildman–Crippen MR) is 246 cm³/mol. The Labute approximate surface area is 341 Å².